The van der Waals surface area contributed by atoms with Gasteiger partial charge in [-0.1, -0.05) is 6.07 Å². The number of nitrogens with zero attached hydrogens (tertiary/aromatic N) is 1. The Labute approximate surface area is 106 Å². The topological polar surface area (TPSA) is 64.4 Å². The van der Waals surface area contributed by atoms with Gasteiger partial charge in [0.25, 0.3) is 0 Å². The summed E-state index contributed by atoms with van der Waals surface area (Å²) in [6.45, 7) is 3.49. The molecule has 0 spiro atoms. The highest BCUT2D eigenvalue weighted by molar-refractivity contribution is 5.85. The highest BCUT2D eigenvalue weighted by Gasteiger charge is 2.21. The van der Waals surface area contributed by atoms with Crippen LogP contribution in [0, 0.1) is 17.0 Å². The third-order valence-corrected chi connectivity index (χ3v) is 2.62. The predicted molar refractivity (Wildman–Crippen MR) is 67.0 cm³/mol. The van der Waals surface area contributed by atoms with Crippen LogP contribution in [0.5, 0.6) is 5.75 Å². The molecule has 1 aromatic rings. The molecule has 5 nitrogen and oxygen atoms in total. The van der Waals surface area contributed by atoms with Gasteiger partial charge >= 0.3 is 5.69 Å². The monoisotopic (exact) mass is 258 g/mol. The van der Waals surface area contributed by atoms with E-state index in [2.05, 4.69) is 5.32 Å². The van der Waals surface area contributed by atoms with E-state index >= 15 is 0 Å². The van der Waals surface area contributed by atoms with E-state index in [9.17, 15) is 10.1 Å². The SMILES string of the molecule is Cc1ccc(OC2CCNC2)c([N+](=O)[O-])c1.Cl. The second kappa shape index (κ2) is 5.84. The number of aryl methyl sites for hydroxylation is 1. The molecule has 0 bridgehead atoms. The zero-order valence-corrected chi connectivity index (χ0v) is 10.3. The molecule has 0 aliphatic carbocycles. The molecule has 1 aromatic carbocycles. The Balaban J connectivity index is 0.00000144. The minimum absolute atomic E-state index is 0. The summed E-state index contributed by atoms with van der Waals surface area (Å²) >= 11 is 0. The zero-order chi connectivity index (χ0) is 11.5. The van der Waals surface area contributed by atoms with Gasteiger partial charge < -0.3 is 10.1 Å². The van der Waals surface area contributed by atoms with Gasteiger partial charge in [0.05, 0.1) is 4.92 Å². The van der Waals surface area contributed by atoms with Crippen LogP contribution in [0.3, 0.4) is 0 Å². The summed E-state index contributed by atoms with van der Waals surface area (Å²) in [4.78, 5) is 10.5. The molecule has 94 valence electrons. The first-order valence-corrected chi connectivity index (χ1v) is 5.29. The van der Waals surface area contributed by atoms with E-state index in [4.69, 9.17) is 4.74 Å². The fraction of sp³-hybridized carbons (Fsp3) is 0.455. The zero-order valence-electron chi connectivity index (χ0n) is 9.51. The summed E-state index contributed by atoms with van der Waals surface area (Å²) in [6, 6.07) is 5.04. The van der Waals surface area contributed by atoms with E-state index in [1.807, 2.05) is 13.0 Å². The number of hydrogen-bond donors (Lipinski definition) is 1. The van der Waals surface area contributed by atoms with Crippen LogP contribution in [0.2, 0.25) is 0 Å². The normalized spacial score (nSPS) is 18.5. The number of nitro groups is 1. The van der Waals surface area contributed by atoms with Gasteiger partial charge in [0, 0.05) is 12.6 Å². The summed E-state index contributed by atoms with van der Waals surface area (Å²) < 4.78 is 5.62. The minimum atomic E-state index is -0.398. The molecule has 1 saturated heterocycles. The van der Waals surface area contributed by atoms with E-state index in [1.165, 1.54) is 6.07 Å². The Hall–Kier alpha value is -1.33. The lowest BCUT2D eigenvalue weighted by molar-refractivity contribution is -0.386. The highest BCUT2D eigenvalue weighted by atomic mass is 35.5. The molecule has 0 amide bonds. The van der Waals surface area contributed by atoms with E-state index in [0.29, 0.717) is 5.75 Å². The lowest BCUT2D eigenvalue weighted by Gasteiger charge is -2.12. The average Bonchev–Trinajstić information content (AvgIpc) is 2.73. The van der Waals surface area contributed by atoms with Crippen LogP contribution in [-0.4, -0.2) is 24.1 Å². The first kappa shape index (κ1) is 13.7. The molecule has 0 saturated carbocycles. The Morgan fingerprint density at radius 1 is 1.53 bits per heavy atom. The second-order valence-corrected chi connectivity index (χ2v) is 3.96. The molecule has 1 aliphatic heterocycles. The standard InChI is InChI=1S/C11H14N2O3.ClH/c1-8-2-3-11(10(6-8)13(14)15)16-9-4-5-12-7-9;/h2-3,6,9,12H,4-5,7H2,1H3;1H. The Kier molecular flexibility index (Phi) is 4.72. The minimum Gasteiger partial charge on any atom is -0.482 e. The van der Waals surface area contributed by atoms with Gasteiger partial charge in [0.1, 0.15) is 6.10 Å². The molecule has 2 rings (SSSR count). The average molecular weight is 259 g/mol. The van der Waals surface area contributed by atoms with Crippen molar-refractivity contribution in [1.29, 1.82) is 0 Å². The van der Waals surface area contributed by atoms with E-state index in [-0.39, 0.29) is 24.2 Å². The molecule has 1 aliphatic rings. The lowest BCUT2D eigenvalue weighted by Crippen LogP contribution is -2.20. The number of halogens is 1. The molecular formula is C11H15ClN2O3. The molecule has 0 radical (unpaired) electrons. The van der Waals surface area contributed by atoms with Gasteiger partial charge in [0.15, 0.2) is 5.75 Å². The third-order valence-electron chi connectivity index (χ3n) is 2.62. The van der Waals surface area contributed by atoms with Crippen molar-refractivity contribution in [3.8, 4) is 5.75 Å². The molecule has 0 aromatic heterocycles. The number of nitro benzene ring substituents is 1. The van der Waals surface area contributed by atoms with Gasteiger partial charge in [-0.2, -0.15) is 0 Å². The number of nitrogens with one attached hydrogen (secondary N) is 1. The first-order chi connectivity index (χ1) is 7.66. The lowest BCUT2D eigenvalue weighted by atomic mass is 10.2. The van der Waals surface area contributed by atoms with E-state index in [0.717, 1.165) is 25.1 Å². The van der Waals surface area contributed by atoms with Gasteiger partial charge in [-0.25, -0.2) is 0 Å². The van der Waals surface area contributed by atoms with Gasteiger partial charge in [-0.3, -0.25) is 10.1 Å². The molecule has 6 heteroatoms. The van der Waals surface area contributed by atoms with Crippen LogP contribution >= 0.6 is 12.4 Å². The molecule has 1 N–H and O–H groups in total. The number of benzene rings is 1. The van der Waals surface area contributed by atoms with E-state index in [1.54, 1.807) is 6.07 Å². The molecule has 1 fully saturated rings. The molecular weight excluding hydrogens is 244 g/mol. The third kappa shape index (κ3) is 3.31. The largest absolute Gasteiger partial charge is 0.482 e. The summed E-state index contributed by atoms with van der Waals surface area (Å²) in [7, 11) is 0. The summed E-state index contributed by atoms with van der Waals surface area (Å²) in [5.41, 5.74) is 0.912. The van der Waals surface area contributed by atoms with Gasteiger partial charge in [0.2, 0.25) is 0 Å². The highest BCUT2D eigenvalue weighted by Crippen LogP contribution is 2.29. The maximum absolute atomic E-state index is 10.9. The Bertz CT molecular complexity index is 406. The molecule has 1 heterocycles. The van der Waals surface area contributed by atoms with Crippen molar-refractivity contribution in [2.75, 3.05) is 13.1 Å². The first-order valence-electron chi connectivity index (χ1n) is 5.29. The van der Waals surface area contributed by atoms with Crippen LogP contribution < -0.4 is 10.1 Å². The summed E-state index contributed by atoms with van der Waals surface area (Å²) in [5, 5.41) is 14.0. The van der Waals surface area contributed by atoms with Crippen molar-refractivity contribution < 1.29 is 9.66 Å². The Morgan fingerprint density at radius 2 is 2.29 bits per heavy atom. The van der Waals surface area contributed by atoms with Crippen LogP contribution in [0.1, 0.15) is 12.0 Å². The van der Waals surface area contributed by atoms with Crippen LogP contribution in [-0.2, 0) is 0 Å². The maximum Gasteiger partial charge on any atom is 0.311 e. The maximum atomic E-state index is 10.9. The smallest absolute Gasteiger partial charge is 0.311 e. The number of rotatable bonds is 3. The fourth-order valence-electron chi connectivity index (χ4n) is 1.78. The van der Waals surface area contributed by atoms with E-state index < -0.39 is 4.92 Å². The van der Waals surface area contributed by atoms with Gasteiger partial charge in [-0.15, -0.1) is 12.4 Å². The molecule has 1 atom stereocenters. The summed E-state index contributed by atoms with van der Waals surface area (Å²) in [5.74, 6) is 0.365. The molecule has 17 heavy (non-hydrogen) atoms. The van der Waals surface area contributed by atoms with Crippen molar-refractivity contribution in [2.24, 2.45) is 0 Å². The summed E-state index contributed by atoms with van der Waals surface area (Å²) in [6.07, 6.45) is 0.937. The van der Waals surface area contributed by atoms with Gasteiger partial charge in [-0.05, 0) is 31.5 Å². The fourth-order valence-corrected chi connectivity index (χ4v) is 1.78. The van der Waals surface area contributed by atoms with Crippen molar-refractivity contribution in [3.05, 3.63) is 33.9 Å². The second-order valence-electron chi connectivity index (χ2n) is 3.96. The molecule has 1 unspecified atom stereocenters. The number of ether oxygens (including phenoxy) is 1. The van der Waals surface area contributed by atoms with Crippen molar-refractivity contribution in [3.63, 3.8) is 0 Å². The van der Waals surface area contributed by atoms with Crippen LogP contribution in [0.15, 0.2) is 18.2 Å². The Morgan fingerprint density at radius 3 is 2.88 bits per heavy atom. The van der Waals surface area contributed by atoms with Crippen LogP contribution in [0.25, 0.3) is 0 Å². The number of hydrogen-bond acceptors (Lipinski definition) is 4. The van der Waals surface area contributed by atoms with Crippen LogP contribution in [0.4, 0.5) is 5.69 Å². The predicted octanol–water partition coefficient (Wildman–Crippen LogP) is 2.07. The van der Waals surface area contributed by atoms with Crippen molar-refractivity contribution in [2.45, 2.75) is 19.4 Å². The van der Waals surface area contributed by atoms with Crippen molar-refractivity contribution >= 4 is 18.1 Å². The van der Waals surface area contributed by atoms with Crippen molar-refractivity contribution in [1.82, 2.24) is 5.32 Å². The quantitative estimate of drug-likeness (QED) is 0.666.